The number of anilines is 2. The number of esters is 1. The second kappa shape index (κ2) is 5.83. The fraction of sp³-hybridized carbons (Fsp3) is 0.250. The summed E-state index contributed by atoms with van der Waals surface area (Å²) in [6.45, 7) is 1.46. The third-order valence-electron chi connectivity index (χ3n) is 3.38. The van der Waals surface area contributed by atoms with Crippen molar-refractivity contribution in [3.8, 4) is 5.75 Å². The van der Waals surface area contributed by atoms with Crippen molar-refractivity contribution in [2.24, 2.45) is 0 Å². The molecule has 0 atom stereocenters. The fourth-order valence-electron chi connectivity index (χ4n) is 2.38. The van der Waals surface area contributed by atoms with E-state index >= 15 is 0 Å². The van der Waals surface area contributed by atoms with Crippen molar-refractivity contribution >= 4 is 17.5 Å². The first-order chi connectivity index (χ1) is 10.3. The minimum atomic E-state index is -0.363. The number of para-hydroxylation sites is 2. The van der Waals surface area contributed by atoms with Crippen LogP contribution in [0.4, 0.5) is 11.5 Å². The highest BCUT2D eigenvalue weighted by Crippen LogP contribution is 2.34. The summed E-state index contributed by atoms with van der Waals surface area (Å²) in [5.74, 6) is 1.19. The van der Waals surface area contributed by atoms with E-state index < -0.39 is 0 Å². The smallest absolute Gasteiger partial charge is 0.338 e. The monoisotopic (exact) mass is 284 g/mol. The lowest BCUT2D eigenvalue weighted by Gasteiger charge is -2.22. The Balaban J connectivity index is 2.02. The minimum absolute atomic E-state index is 0.363. The van der Waals surface area contributed by atoms with Crippen molar-refractivity contribution in [1.29, 1.82) is 0 Å². The minimum Gasteiger partial charge on any atom is -0.491 e. The lowest BCUT2D eigenvalue weighted by atomic mass is 10.2. The van der Waals surface area contributed by atoms with E-state index in [1.807, 2.05) is 24.3 Å². The fourth-order valence-corrected chi connectivity index (χ4v) is 2.38. The molecular formula is C16H16N2O3. The average Bonchev–Trinajstić information content (AvgIpc) is 2.76. The van der Waals surface area contributed by atoms with Gasteiger partial charge in [-0.3, -0.25) is 0 Å². The van der Waals surface area contributed by atoms with Crippen molar-refractivity contribution in [1.82, 2.24) is 4.98 Å². The Morgan fingerprint density at radius 1 is 1.33 bits per heavy atom. The van der Waals surface area contributed by atoms with E-state index in [1.165, 1.54) is 7.11 Å². The molecule has 21 heavy (non-hydrogen) atoms. The summed E-state index contributed by atoms with van der Waals surface area (Å²) < 4.78 is 10.5. The van der Waals surface area contributed by atoms with Crippen LogP contribution in [0.15, 0.2) is 42.6 Å². The van der Waals surface area contributed by atoms with Crippen LogP contribution in [0.25, 0.3) is 0 Å². The quantitative estimate of drug-likeness (QED) is 0.794. The summed E-state index contributed by atoms with van der Waals surface area (Å²) in [6.07, 6.45) is 2.51. The number of nitrogens with zero attached hydrogens (tertiary/aromatic N) is 2. The van der Waals surface area contributed by atoms with Gasteiger partial charge in [-0.1, -0.05) is 12.1 Å². The molecule has 3 rings (SSSR count). The van der Waals surface area contributed by atoms with Crippen LogP contribution in [0.5, 0.6) is 5.75 Å². The summed E-state index contributed by atoms with van der Waals surface area (Å²) in [7, 11) is 1.37. The number of hydrogen-bond donors (Lipinski definition) is 0. The molecule has 0 unspecified atom stereocenters. The van der Waals surface area contributed by atoms with E-state index in [0.29, 0.717) is 12.2 Å². The second-order valence-electron chi connectivity index (χ2n) is 4.72. The number of aromatic nitrogens is 1. The van der Waals surface area contributed by atoms with Gasteiger partial charge in [-0.05, 0) is 30.7 Å². The largest absolute Gasteiger partial charge is 0.491 e. The molecular weight excluding hydrogens is 268 g/mol. The highest BCUT2D eigenvalue weighted by atomic mass is 16.5. The molecule has 1 aromatic carbocycles. The standard InChI is InChI=1S/C16H16N2O3/c1-20-16(19)12-7-8-17-15(11-12)18-9-4-10-21-14-6-3-2-5-13(14)18/h2-3,5-8,11H,4,9-10H2,1H3. The van der Waals surface area contributed by atoms with Crippen LogP contribution in [0, 0.1) is 0 Å². The van der Waals surface area contributed by atoms with Crippen LogP contribution in [0.3, 0.4) is 0 Å². The number of benzene rings is 1. The van der Waals surface area contributed by atoms with Gasteiger partial charge in [0, 0.05) is 12.7 Å². The van der Waals surface area contributed by atoms with Gasteiger partial charge in [0.25, 0.3) is 0 Å². The Labute approximate surface area is 123 Å². The zero-order chi connectivity index (χ0) is 14.7. The molecule has 0 saturated carbocycles. The molecule has 108 valence electrons. The van der Waals surface area contributed by atoms with Gasteiger partial charge in [0.1, 0.15) is 11.6 Å². The van der Waals surface area contributed by atoms with Crippen molar-refractivity contribution in [2.45, 2.75) is 6.42 Å². The van der Waals surface area contributed by atoms with Gasteiger partial charge in [0.05, 0.1) is 25.0 Å². The maximum atomic E-state index is 11.7. The predicted molar refractivity (Wildman–Crippen MR) is 79.1 cm³/mol. The topological polar surface area (TPSA) is 51.7 Å². The van der Waals surface area contributed by atoms with Crippen molar-refractivity contribution in [3.05, 3.63) is 48.2 Å². The first-order valence-corrected chi connectivity index (χ1v) is 6.83. The number of ether oxygens (including phenoxy) is 2. The Morgan fingerprint density at radius 2 is 2.19 bits per heavy atom. The van der Waals surface area contributed by atoms with Gasteiger partial charge in [0.2, 0.25) is 0 Å². The van der Waals surface area contributed by atoms with Crippen LogP contribution < -0.4 is 9.64 Å². The maximum absolute atomic E-state index is 11.7. The third kappa shape index (κ3) is 2.67. The highest BCUT2D eigenvalue weighted by Gasteiger charge is 2.19. The van der Waals surface area contributed by atoms with Crippen molar-refractivity contribution < 1.29 is 14.3 Å². The molecule has 0 amide bonds. The van der Waals surface area contributed by atoms with E-state index in [1.54, 1.807) is 18.3 Å². The number of carbonyl (C=O) groups is 1. The highest BCUT2D eigenvalue weighted by molar-refractivity contribution is 5.90. The van der Waals surface area contributed by atoms with Crippen LogP contribution in [-0.2, 0) is 4.74 Å². The summed E-state index contributed by atoms with van der Waals surface area (Å²) in [5, 5.41) is 0. The molecule has 2 aromatic rings. The number of methoxy groups -OCH3 is 1. The van der Waals surface area contributed by atoms with Gasteiger partial charge < -0.3 is 14.4 Å². The summed E-state index contributed by atoms with van der Waals surface area (Å²) in [5.41, 5.74) is 1.45. The lowest BCUT2D eigenvalue weighted by molar-refractivity contribution is 0.0600. The van der Waals surface area contributed by atoms with Gasteiger partial charge in [-0.2, -0.15) is 0 Å². The zero-order valence-corrected chi connectivity index (χ0v) is 11.8. The zero-order valence-electron chi connectivity index (χ0n) is 11.8. The molecule has 2 heterocycles. The predicted octanol–water partition coefficient (Wildman–Crippen LogP) is 2.79. The van der Waals surface area contributed by atoms with Crippen LogP contribution in [-0.4, -0.2) is 31.2 Å². The van der Waals surface area contributed by atoms with Crippen LogP contribution in [0.2, 0.25) is 0 Å². The number of rotatable bonds is 2. The SMILES string of the molecule is COC(=O)c1ccnc(N2CCCOc3ccccc32)c1. The lowest BCUT2D eigenvalue weighted by Crippen LogP contribution is -2.19. The first kappa shape index (κ1) is 13.4. The Bertz CT molecular complexity index is 657. The molecule has 0 N–H and O–H groups in total. The van der Waals surface area contributed by atoms with E-state index in [2.05, 4.69) is 9.88 Å². The molecule has 1 aliphatic rings. The van der Waals surface area contributed by atoms with Gasteiger partial charge in [-0.25, -0.2) is 9.78 Å². The molecule has 5 nitrogen and oxygen atoms in total. The Hall–Kier alpha value is -2.56. The van der Waals surface area contributed by atoms with E-state index in [-0.39, 0.29) is 5.97 Å². The maximum Gasteiger partial charge on any atom is 0.338 e. The van der Waals surface area contributed by atoms with E-state index in [0.717, 1.165) is 30.2 Å². The molecule has 0 bridgehead atoms. The van der Waals surface area contributed by atoms with Crippen LogP contribution >= 0.6 is 0 Å². The number of hydrogen-bond acceptors (Lipinski definition) is 5. The van der Waals surface area contributed by atoms with Gasteiger partial charge >= 0.3 is 5.97 Å². The van der Waals surface area contributed by atoms with Crippen molar-refractivity contribution in [2.75, 3.05) is 25.2 Å². The molecule has 5 heteroatoms. The van der Waals surface area contributed by atoms with E-state index in [9.17, 15) is 4.79 Å². The molecule has 1 aliphatic heterocycles. The average molecular weight is 284 g/mol. The number of pyridine rings is 1. The molecule has 1 aromatic heterocycles. The van der Waals surface area contributed by atoms with Crippen LogP contribution in [0.1, 0.15) is 16.8 Å². The van der Waals surface area contributed by atoms with Gasteiger partial charge in [0.15, 0.2) is 0 Å². The Kier molecular flexibility index (Phi) is 3.73. The third-order valence-corrected chi connectivity index (χ3v) is 3.38. The molecule has 0 fully saturated rings. The molecule has 0 saturated heterocycles. The molecule has 0 aliphatic carbocycles. The van der Waals surface area contributed by atoms with Gasteiger partial charge in [-0.15, -0.1) is 0 Å². The normalized spacial score (nSPS) is 13.9. The second-order valence-corrected chi connectivity index (χ2v) is 4.72. The first-order valence-electron chi connectivity index (χ1n) is 6.83. The summed E-state index contributed by atoms with van der Waals surface area (Å²) in [4.78, 5) is 18.1. The van der Waals surface area contributed by atoms with Crippen molar-refractivity contribution in [3.63, 3.8) is 0 Å². The molecule has 0 spiro atoms. The van der Waals surface area contributed by atoms with E-state index in [4.69, 9.17) is 9.47 Å². The number of fused-ring (bicyclic) bond motifs is 1. The summed E-state index contributed by atoms with van der Waals surface area (Å²) >= 11 is 0. The summed E-state index contributed by atoms with van der Waals surface area (Å²) in [6, 6.07) is 11.2. The number of carbonyl (C=O) groups excluding carboxylic acids is 1. The Morgan fingerprint density at radius 3 is 3.05 bits per heavy atom. The molecule has 0 radical (unpaired) electrons.